The lowest BCUT2D eigenvalue weighted by Gasteiger charge is -2.14. The molecule has 1 saturated heterocycles. The van der Waals surface area contributed by atoms with E-state index in [4.69, 9.17) is 0 Å². The Morgan fingerprint density at radius 3 is 2.21 bits per heavy atom. The van der Waals surface area contributed by atoms with Gasteiger partial charge in [0.05, 0.1) is 0 Å². The number of urea groups is 1. The molecule has 1 aliphatic rings. The molecular formula is C14H13F2N3O4S. The molecule has 0 spiro atoms. The van der Waals surface area contributed by atoms with E-state index in [0.29, 0.717) is 27.2 Å². The second kappa shape index (κ2) is 7.39. The minimum Gasteiger partial charge on any atom is -0.325 e. The summed E-state index contributed by atoms with van der Waals surface area (Å²) in [5.41, 5.74) is 0.316. The Kier molecular flexibility index (Phi) is 5.50. The summed E-state index contributed by atoms with van der Waals surface area (Å²) in [4.78, 5) is 48.6. The lowest BCUT2D eigenvalue weighted by atomic mass is 10.3. The number of rotatable bonds is 6. The highest BCUT2D eigenvalue weighted by atomic mass is 32.2. The van der Waals surface area contributed by atoms with Gasteiger partial charge < -0.3 is 5.32 Å². The number of carbonyl (C=O) groups excluding carboxylic acids is 4. The molecule has 2 rings (SSSR count). The highest BCUT2D eigenvalue weighted by molar-refractivity contribution is 7.99. The van der Waals surface area contributed by atoms with Crippen molar-refractivity contribution in [3.05, 3.63) is 24.3 Å². The standard InChI is InChI=1S/C14H13F2N3O4S/c1-2-18-11(21)12(22)19(14(18)23)7-10(20)17-8-3-5-9(6-4-8)24-13(15)16/h3-6,13H,2,7H2,1H3,(H,17,20). The van der Waals surface area contributed by atoms with Gasteiger partial charge in [0, 0.05) is 17.1 Å². The summed E-state index contributed by atoms with van der Waals surface area (Å²) in [5, 5.41) is 2.43. The summed E-state index contributed by atoms with van der Waals surface area (Å²) in [6.45, 7) is 0.962. The van der Waals surface area contributed by atoms with Crippen LogP contribution in [-0.4, -0.2) is 52.4 Å². The van der Waals surface area contributed by atoms with Crippen molar-refractivity contribution in [3.8, 4) is 0 Å². The number of thioether (sulfide) groups is 1. The van der Waals surface area contributed by atoms with Gasteiger partial charge in [0.1, 0.15) is 6.54 Å². The van der Waals surface area contributed by atoms with Gasteiger partial charge in [-0.2, -0.15) is 8.78 Å². The number of likely N-dealkylation sites (N-methyl/N-ethyl adjacent to an activating group) is 1. The van der Waals surface area contributed by atoms with Crippen LogP contribution in [0.25, 0.3) is 0 Å². The van der Waals surface area contributed by atoms with Gasteiger partial charge >= 0.3 is 17.8 Å². The summed E-state index contributed by atoms with van der Waals surface area (Å²) >= 11 is 0.369. The number of hydrogen-bond donors (Lipinski definition) is 1. The first-order valence-corrected chi connectivity index (χ1v) is 7.73. The quantitative estimate of drug-likeness (QED) is 0.476. The molecule has 0 aliphatic carbocycles. The molecule has 0 saturated carbocycles. The Bertz CT molecular complexity index is 681. The number of carbonyl (C=O) groups is 4. The van der Waals surface area contributed by atoms with Gasteiger partial charge in [-0.05, 0) is 31.2 Å². The molecule has 0 unspecified atom stereocenters. The zero-order chi connectivity index (χ0) is 17.9. The zero-order valence-electron chi connectivity index (χ0n) is 12.5. The number of halogens is 2. The van der Waals surface area contributed by atoms with Gasteiger partial charge in [0.15, 0.2) is 0 Å². The molecule has 1 fully saturated rings. The lowest BCUT2D eigenvalue weighted by Crippen LogP contribution is -2.38. The summed E-state index contributed by atoms with van der Waals surface area (Å²) in [5.74, 6) is -5.25. The van der Waals surface area contributed by atoms with Gasteiger partial charge in [0.25, 0.3) is 5.76 Å². The molecule has 1 aromatic carbocycles. The van der Waals surface area contributed by atoms with Crippen molar-refractivity contribution in [2.24, 2.45) is 0 Å². The smallest absolute Gasteiger partial charge is 0.325 e. The van der Waals surface area contributed by atoms with E-state index in [-0.39, 0.29) is 6.54 Å². The van der Waals surface area contributed by atoms with E-state index in [1.165, 1.54) is 31.2 Å². The Hall–Kier alpha value is -2.49. The van der Waals surface area contributed by atoms with E-state index in [0.717, 1.165) is 4.90 Å². The monoisotopic (exact) mass is 357 g/mol. The van der Waals surface area contributed by atoms with E-state index >= 15 is 0 Å². The number of hydrogen-bond acceptors (Lipinski definition) is 5. The van der Waals surface area contributed by atoms with Crippen molar-refractivity contribution in [2.75, 3.05) is 18.4 Å². The van der Waals surface area contributed by atoms with Crippen LogP contribution in [0.1, 0.15) is 6.92 Å². The summed E-state index contributed by atoms with van der Waals surface area (Å²) in [6.07, 6.45) is 0. The fourth-order valence-electron chi connectivity index (χ4n) is 2.03. The Morgan fingerprint density at radius 1 is 1.12 bits per heavy atom. The number of nitrogens with one attached hydrogen (secondary N) is 1. The molecule has 1 N–H and O–H groups in total. The van der Waals surface area contributed by atoms with Gasteiger partial charge in [-0.3, -0.25) is 19.3 Å². The molecule has 1 aliphatic heterocycles. The second-order valence-corrected chi connectivity index (χ2v) is 5.74. The van der Waals surface area contributed by atoms with Crippen molar-refractivity contribution < 1.29 is 28.0 Å². The molecule has 128 valence electrons. The highest BCUT2D eigenvalue weighted by Crippen LogP contribution is 2.26. The van der Waals surface area contributed by atoms with Crippen LogP contribution in [-0.2, 0) is 14.4 Å². The van der Waals surface area contributed by atoms with Gasteiger partial charge in [0.2, 0.25) is 5.91 Å². The van der Waals surface area contributed by atoms with Gasteiger partial charge in [-0.15, -0.1) is 0 Å². The van der Waals surface area contributed by atoms with E-state index in [1.807, 2.05) is 0 Å². The van der Waals surface area contributed by atoms with Crippen molar-refractivity contribution in [2.45, 2.75) is 17.6 Å². The fraction of sp³-hybridized carbons (Fsp3) is 0.286. The maximum Gasteiger partial charge on any atom is 0.334 e. The molecule has 0 atom stereocenters. The highest BCUT2D eigenvalue weighted by Gasteiger charge is 2.44. The van der Waals surface area contributed by atoms with Crippen LogP contribution in [0.15, 0.2) is 29.2 Å². The van der Waals surface area contributed by atoms with Crippen molar-refractivity contribution in [1.82, 2.24) is 9.80 Å². The minimum absolute atomic E-state index is 0.0325. The molecular weight excluding hydrogens is 344 g/mol. The Morgan fingerprint density at radius 2 is 1.71 bits per heavy atom. The molecule has 24 heavy (non-hydrogen) atoms. The van der Waals surface area contributed by atoms with Crippen molar-refractivity contribution in [3.63, 3.8) is 0 Å². The third kappa shape index (κ3) is 3.88. The first-order chi connectivity index (χ1) is 11.3. The van der Waals surface area contributed by atoms with Crippen molar-refractivity contribution >= 4 is 41.2 Å². The molecule has 5 amide bonds. The van der Waals surface area contributed by atoms with Crippen LogP contribution in [0.2, 0.25) is 0 Å². The summed E-state index contributed by atoms with van der Waals surface area (Å²) in [7, 11) is 0. The Labute approximate surface area is 140 Å². The lowest BCUT2D eigenvalue weighted by molar-refractivity contribution is -0.143. The zero-order valence-corrected chi connectivity index (χ0v) is 13.3. The number of imide groups is 2. The van der Waals surface area contributed by atoms with Crippen LogP contribution in [0.5, 0.6) is 0 Å². The maximum atomic E-state index is 12.2. The number of nitrogens with zero attached hydrogens (tertiary/aromatic N) is 2. The molecule has 0 bridgehead atoms. The Balaban J connectivity index is 1.97. The normalized spacial score (nSPS) is 14.8. The van der Waals surface area contributed by atoms with Crippen LogP contribution < -0.4 is 5.32 Å². The van der Waals surface area contributed by atoms with Crippen LogP contribution in [0.3, 0.4) is 0 Å². The van der Waals surface area contributed by atoms with E-state index < -0.39 is 36.1 Å². The molecule has 1 heterocycles. The number of amides is 5. The fourth-order valence-corrected chi connectivity index (χ4v) is 2.53. The van der Waals surface area contributed by atoms with Crippen molar-refractivity contribution in [1.29, 1.82) is 0 Å². The third-order valence-corrected chi connectivity index (χ3v) is 3.84. The largest absolute Gasteiger partial charge is 0.334 e. The van der Waals surface area contributed by atoms with Crippen LogP contribution in [0, 0.1) is 0 Å². The average molecular weight is 357 g/mol. The topological polar surface area (TPSA) is 86.8 Å². The van der Waals surface area contributed by atoms with Gasteiger partial charge in [-0.25, -0.2) is 9.69 Å². The van der Waals surface area contributed by atoms with E-state index in [2.05, 4.69) is 5.32 Å². The minimum atomic E-state index is -2.54. The van der Waals surface area contributed by atoms with E-state index in [9.17, 15) is 28.0 Å². The number of benzene rings is 1. The molecule has 0 aromatic heterocycles. The van der Waals surface area contributed by atoms with Gasteiger partial charge in [-0.1, -0.05) is 11.8 Å². The second-order valence-electron chi connectivity index (χ2n) is 4.67. The predicted octanol–water partition coefficient (Wildman–Crippen LogP) is 1.75. The first kappa shape index (κ1) is 17.9. The summed E-state index contributed by atoms with van der Waals surface area (Å²) < 4.78 is 24.4. The molecule has 7 nitrogen and oxygen atoms in total. The SMILES string of the molecule is CCN1C(=O)C(=O)N(CC(=O)Nc2ccc(SC(F)F)cc2)C1=O. The molecule has 10 heteroatoms. The average Bonchev–Trinajstić information content (AvgIpc) is 2.72. The summed E-state index contributed by atoms with van der Waals surface area (Å²) in [6, 6.07) is 4.80. The number of alkyl halides is 2. The molecule has 0 radical (unpaired) electrons. The predicted molar refractivity (Wildman–Crippen MR) is 81.4 cm³/mol. The van der Waals surface area contributed by atoms with E-state index in [1.54, 1.807) is 0 Å². The third-order valence-electron chi connectivity index (χ3n) is 3.12. The molecule has 1 aromatic rings. The number of anilines is 1. The van der Waals surface area contributed by atoms with Crippen LogP contribution >= 0.6 is 11.8 Å². The van der Waals surface area contributed by atoms with Crippen LogP contribution in [0.4, 0.5) is 19.3 Å². The first-order valence-electron chi connectivity index (χ1n) is 6.85. The maximum absolute atomic E-state index is 12.2.